The third kappa shape index (κ3) is 5.97. The van der Waals surface area contributed by atoms with Crippen LogP contribution in [0.25, 0.3) is 11.3 Å². The molecule has 1 aromatic carbocycles. The third-order valence-corrected chi connectivity index (χ3v) is 7.13. The summed E-state index contributed by atoms with van der Waals surface area (Å²) < 4.78 is 34.1. The normalized spacial score (nSPS) is 15.9. The number of anilines is 1. The molecule has 1 aromatic heterocycles. The van der Waals surface area contributed by atoms with Crippen LogP contribution in [-0.2, 0) is 26.2 Å². The number of carbonyl (C=O) groups is 2. The predicted octanol–water partition coefficient (Wildman–Crippen LogP) is 1.16. The van der Waals surface area contributed by atoms with E-state index < -0.39 is 15.8 Å². The number of rotatable bonds is 12. The van der Waals surface area contributed by atoms with Gasteiger partial charge in [0, 0.05) is 25.2 Å². The van der Waals surface area contributed by atoms with Gasteiger partial charge in [-0.2, -0.15) is 0 Å². The Morgan fingerprint density at radius 3 is 2.76 bits per heavy atom. The maximum absolute atomic E-state index is 12.9. The van der Waals surface area contributed by atoms with Crippen molar-refractivity contribution < 1.29 is 22.7 Å². The molecule has 1 aliphatic heterocycles. The number of likely N-dealkylation sites (N-methyl/N-ethyl adjacent to an activating group) is 1. The lowest BCUT2D eigenvalue weighted by molar-refractivity contribution is -0.129. The maximum atomic E-state index is 12.9. The zero-order chi connectivity index (χ0) is 24.9. The Bertz CT molecular complexity index is 1130. The quantitative estimate of drug-likeness (QED) is 0.220. The Morgan fingerprint density at radius 2 is 2.12 bits per heavy atom. The van der Waals surface area contributed by atoms with E-state index >= 15 is 0 Å². The van der Waals surface area contributed by atoms with Gasteiger partial charge in [0.2, 0.25) is 15.8 Å². The zero-order valence-electron chi connectivity index (χ0n) is 19.4. The first-order valence-corrected chi connectivity index (χ1v) is 12.9. The lowest BCUT2D eigenvalue weighted by Crippen LogP contribution is -2.52. The Labute approximate surface area is 204 Å². The molecule has 1 aliphatic rings. The summed E-state index contributed by atoms with van der Waals surface area (Å²) in [4.78, 5) is 29.8. The molecule has 0 amide bonds. The second-order valence-electron chi connectivity index (χ2n) is 8.10. The number of H-pyrrole nitrogens is 1. The van der Waals surface area contributed by atoms with Crippen LogP contribution < -0.4 is 19.7 Å². The van der Waals surface area contributed by atoms with Crippen molar-refractivity contribution in [2.45, 2.75) is 24.5 Å². The summed E-state index contributed by atoms with van der Waals surface area (Å²) in [7, 11) is 0.00105. The largest absolute Gasteiger partial charge is 0.493 e. The van der Waals surface area contributed by atoms with Gasteiger partial charge in [-0.05, 0) is 45.3 Å². The minimum absolute atomic E-state index is 0.113. The molecule has 3 rings (SSSR count). The highest BCUT2D eigenvalue weighted by molar-refractivity contribution is 7.89. The fourth-order valence-electron chi connectivity index (χ4n) is 3.71. The molecule has 0 aliphatic carbocycles. The van der Waals surface area contributed by atoms with Crippen molar-refractivity contribution in [2.24, 2.45) is 0 Å². The van der Waals surface area contributed by atoms with E-state index in [0.29, 0.717) is 36.7 Å². The third-order valence-electron chi connectivity index (χ3n) is 5.38. The van der Waals surface area contributed by atoms with Crippen LogP contribution >= 0.6 is 11.6 Å². The van der Waals surface area contributed by atoms with Gasteiger partial charge in [-0.15, -0.1) is 11.6 Å². The fourth-order valence-corrected chi connectivity index (χ4v) is 5.04. The molecule has 0 fully saturated rings. The monoisotopic (exact) mass is 511 g/mol. The first-order valence-electron chi connectivity index (χ1n) is 10.9. The van der Waals surface area contributed by atoms with Crippen LogP contribution in [0.5, 0.6) is 5.75 Å². The van der Waals surface area contributed by atoms with Gasteiger partial charge in [0.1, 0.15) is 5.75 Å². The second-order valence-corrected chi connectivity index (χ2v) is 10.2. The van der Waals surface area contributed by atoms with Gasteiger partial charge < -0.3 is 19.5 Å². The smallest absolute Gasteiger partial charge is 0.240 e. The van der Waals surface area contributed by atoms with E-state index in [1.807, 2.05) is 32.0 Å². The highest BCUT2D eigenvalue weighted by Crippen LogP contribution is 2.37. The number of carbonyl (C=O) groups excluding carboxylic acids is 2. The van der Waals surface area contributed by atoms with Crippen molar-refractivity contribution in [3.8, 4) is 17.0 Å². The first-order chi connectivity index (χ1) is 16.2. The number of nitrogens with zero attached hydrogens (tertiary/aromatic N) is 2. The van der Waals surface area contributed by atoms with Gasteiger partial charge in [-0.3, -0.25) is 14.9 Å². The summed E-state index contributed by atoms with van der Waals surface area (Å²) >= 11 is 6.08. The SMILES string of the molecule is CCOc1ccc(S(=O)(=O)NCCN(C)C)cc1-c1cc2c([nH]1)CNC(CCl)N2CC(=O)C=O. The minimum atomic E-state index is -3.73. The Kier molecular flexibility index (Phi) is 8.72. The van der Waals surface area contributed by atoms with Crippen LogP contribution in [0.4, 0.5) is 5.69 Å². The molecule has 2 aromatic rings. The molecule has 0 radical (unpaired) electrons. The number of aldehydes is 1. The number of hydrogen-bond acceptors (Lipinski definition) is 8. The van der Waals surface area contributed by atoms with Crippen molar-refractivity contribution >= 4 is 39.4 Å². The van der Waals surface area contributed by atoms with Gasteiger partial charge in [0.05, 0.1) is 47.2 Å². The summed E-state index contributed by atoms with van der Waals surface area (Å²) in [5.41, 5.74) is 2.69. The molecule has 0 saturated heterocycles. The molecular formula is C22H30ClN5O5S. The second kappa shape index (κ2) is 11.3. The lowest BCUT2D eigenvalue weighted by atomic mass is 10.1. The molecule has 0 saturated carbocycles. The van der Waals surface area contributed by atoms with Crippen molar-refractivity contribution in [3.63, 3.8) is 0 Å². The number of Topliss-reactive ketones (excluding diaryl/α,β-unsaturated/α-hetero) is 1. The van der Waals surface area contributed by atoms with E-state index in [1.54, 1.807) is 17.0 Å². The van der Waals surface area contributed by atoms with E-state index in [1.165, 1.54) is 6.07 Å². The number of sulfonamides is 1. The fraction of sp³-hybridized carbons (Fsp3) is 0.455. The molecule has 12 heteroatoms. The molecular weight excluding hydrogens is 482 g/mol. The number of ether oxygens (including phenoxy) is 1. The number of aromatic amines is 1. The van der Waals surface area contributed by atoms with Crippen LogP contribution in [0.1, 0.15) is 12.6 Å². The number of halogens is 1. The Hall–Kier alpha value is -2.44. The van der Waals surface area contributed by atoms with Gasteiger partial charge in [-0.1, -0.05) is 0 Å². The highest BCUT2D eigenvalue weighted by Gasteiger charge is 2.29. The van der Waals surface area contributed by atoms with E-state index in [2.05, 4.69) is 15.0 Å². The number of benzene rings is 1. The summed E-state index contributed by atoms with van der Waals surface area (Å²) in [5, 5.41) is 3.23. The van der Waals surface area contributed by atoms with E-state index in [9.17, 15) is 18.0 Å². The molecule has 1 unspecified atom stereocenters. The molecule has 10 nitrogen and oxygen atoms in total. The van der Waals surface area contributed by atoms with Crippen molar-refractivity contribution in [3.05, 3.63) is 30.0 Å². The molecule has 3 N–H and O–H groups in total. The standard InChI is InChI=1S/C22H30ClN5O5S/c1-4-33-21-6-5-16(34(31,32)25-7-8-27(2)3)9-17(21)18-10-20-19(26-18)12-24-22(11-23)28(20)13-15(30)14-29/h5-6,9-10,14,22,24-26H,4,7-8,11-13H2,1-3H3. The molecule has 2 heterocycles. The van der Waals surface area contributed by atoms with Crippen molar-refractivity contribution in [1.82, 2.24) is 19.9 Å². The average Bonchev–Trinajstić information content (AvgIpc) is 3.23. The minimum Gasteiger partial charge on any atom is -0.493 e. The molecule has 0 spiro atoms. The highest BCUT2D eigenvalue weighted by atomic mass is 35.5. The summed E-state index contributed by atoms with van der Waals surface area (Å²) in [5.74, 6) is 0.160. The van der Waals surface area contributed by atoms with Crippen molar-refractivity contribution in [2.75, 3.05) is 51.1 Å². The van der Waals surface area contributed by atoms with Gasteiger partial charge in [-0.25, -0.2) is 13.1 Å². The number of hydrogen-bond donors (Lipinski definition) is 3. The van der Waals surface area contributed by atoms with E-state index in [0.717, 1.165) is 11.4 Å². The summed E-state index contributed by atoms with van der Waals surface area (Å²) in [6.07, 6.45) is -0.0430. The van der Waals surface area contributed by atoms with Crippen LogP contribution in [0.3, 0.4) is 0 Å². The number of aromatic nitrogens is 1. The average molecular weight is 512 g/mol. The number of nitrogens with one attached hydrogen (secondary N) is 3. The first kappa shape index (κ1) is 26.2. The van der Waals surface area contributed by atoms with E-state index in [4.69, 9.17) is 16.3 Å². The molecule has 0 bridgehead atoms. The number of ketones is 1. The summed E-state index contributed by atoms with van der Waals surface area (Å²) in [6, 6.07) is 6.53. The number of alkyl halides is 1. The molecule has 1 atom stereocenters. The van der Waals surface area contributed by atoms with Crippen LogP contribution in [0, 0.1) is 0 Å². The lowest BCUT2D eigenvalue weighted by Gasteiger charge is -2.36. The molecule has 34 heavy (non-hydrogen) atoms. The topological polar surface area (TPSA) is 124 Å². The zero-order valence-corrected chi connectivity index (χ0v) is 21.0. The predicted molar refractivity (Wildman–Crippen MR) is 131 cm³/mol. The number of fused-ring (bicyclic) bond motifs is 1. The van der Waals surface area contributed by atoms with Crippen LogP contribution in [-0.4, -0.2) is 82.8 Å². The van der Waals surface area contributed by atoms with Crippen LogP contribution in [0.2, 0.25) is 0 Å². The molecule has 186 valence electrons. The Balaban J connectivity index is 2.01. The van der Waals surface area contributed by atoms with Gasteiger partial charge in [0.15, 0.2) is 6.29 Å². The van der Waals surface area contributed by atoms with E-state index in [-0.39, 0.29) is 36.3 Å². The van der Waals surface area contributed by atoms with Gasteiger partial charge >= 0.3 is 0 Å². The summed E-state index contributed by atoms with van der Waals surface area (Å²) in [6.45, 7) is 3.43. The Morgan fingerprint density at radius 1 is 1.35 bits per heavy atom. The van der Waals surface area contributed by atoms with Gasteiger partial charge in [0.25, 0.3) is 0 Å². The van der Waals surface area contributed by atoms with Crippen LogP contribution in [0.15, 0.2) is 29.2 Å². The van der Waals surface area contributed by atoms with Crippen molar-refractivity contribution in [1.29, 1.82) is 0 Å². The maximum Gasteiger partial charge on any atom is 0.240 e.